The lowest BCUT2D eigenvalue weighted by atomic mass is 10.2. The zero-order chi connectivity index (χ0) is 13.4. The SMILES string of the molecule is O=c1[nH]c2cccc(O)c2c(=O)n1-c1ccccn1. The molecule has 0 aliphatic heterocycles. The van der Waals surface area contributed by atoms with Crippen LogP contribution in [0.3, 0.4) is 0 Å². The summed E-state index contributed by atoms with van der Waals surface area (Å²) in [4.78, 5) is 30.8. The van der Waals surface area contributed by atoms with E-state index in [2.05, 4.69) is 9.97 Å². The first kappa shape index (κ1) is 11.2. The molecule has 2 N–H and O–H groups in total. The number of rotatable bonds is 1. The molecule has 0 spiro atoms. The molecule has 0 aliphatic carbocycles. The first-order valence-corrected chi connectivity index (χ1v) is 5.57. The molecule has 1 aromatic carbocycles. The molecule has 0 amide bonds. The maximum atomic E-state index is 12.3. The Labute approximate surface area is 106 Å². The Bertz CT molecular complexity index is 866. The van der Waals surface area contributed by atoms with Gasteiger partial charge in [-0.25, -0.2) is 14.3 Å². The molecule has 94 valence electrons. The van der Waals surface area contributed by atoms with Crippen LogP contribution in [0.4, 0.5) is 0 Å². The second kappa shape index (κ2) is 4.09. The van der Waals surface area contributed by atoms with Gasteiger partial charge in [0.25, 0.3) is 5.56 Å². The van der Waals surface area contributed by atoms with E-state index in [-0.39, 0.29) is 17.0 Å². The fraction of sp³-hybridized carbons (Fsp3) is 0. The van der Waals surface area contributed by atoms with Crippen molar-refractivity contribution < 1.29 is 5.11 Å². The van der Waals surface area contributed by atoms with Crippen molar-refractivity contribution in [2.75, 3.05) is 0 Å². The molecular formula is C13H9N3O3. The van der Waals surface area contributed by atoms with E-state index in [0.717, 1.165) is 4.57 Å². The topological polar surface area (TPSA) is 88.0 Å². The van der Waals surface area contributed by atoms with Gasteiger partial charge in [-0.2, -0.15) is 0 Å². The number of fused-ring (bicyclic) bond motifs is 1. The highest BCUT2D eigenvalue weighted by Gasteiger charge is 2.12. The minimum absolute atomic E-state index is 0.0627. The molecule has 2 aromatic heterocycles. The molecule has 6 heteroatoms. The Balaban J connectivity index is 2.49. The minimum atomic E-state index is -0.601. The number of phenolic OH excluding ortho intramolecular Hbond substituents is 1. The number of hydrogen-bond donors (Lipinski definition) is 2. The van der Waals surface area contributed by atoms with Gasteiger partial charge in [0, 0.05) is 6.20 Å². The standard InChI is InChI=1S/C13H9N3O3/c17-9-5-3-4-8-11(9)12(18)16(13(19)15-8)10-6-1-2-7-14-10/h1-7,17H,(H,15,19). The molecular weight excluding hydrogens is 246 g/mol. The molecule has 0 saturated carbocycles. The number of nitrogens with zero attached hydrogens (tertiary/aromatic N) is 2. The maximum absolute atomic E-state index is 12.3. The zero-order valence-electron chi connectivity index (χ0n) is 9.70. The van der Waals surface area contributed by atoms with Crippen molar-refractivity contribution in [3.63, 3.8) is 0 Å². The zero-order valence-corrected chi connectivity index (χ0v) is 9.70. The third kappa shape index (κ3) is 1.70. The summed E-state index contributed by atoms with van der Waals surface area (Å²) >= 11 is 0. The number of phenols is 1. The van der Waals surface area contributed by atoms with Crippen LogP contribution in [0.25, 0.3) is 16.7 Å². The molecule has 0 unspecified atom stereocenters. The Morgan fingerprint density at radius 1 is 1.11 bits per heavy atom. The maximum Gasteiger partial charge on any atom is 0.334 e. The fourth-order valence-electron chi connectivity index (χ4n) is 1.94. The highest BCUT2D eigenvalue weighted by atomic mass is 16.3. The number of hydrogen-bond acceptors (Lipinski definition) is 4. The van der Waals surface area contributed by atoms with Crippen molar-refractivity contribution in [2.24, 2.45) is 0 Å². The predicted molar refractivity (Wildman–Crippen MR) is 69.6 cm³/mol. The summed E-state index contributed by atoms with van der Waals surface area (Å²) in [5.41, 5.74) is -0.903. The number of aromatic nitrogens is 3. The van der Waals surface area contributed by atoms with Crippen LogP contribution in [0.1, 0.15) is 0 Å². The summed E-state index contributed by atoms with van der Waals surface area (Å²) in [7, 11) is 0. The Kier molecular flexibility index (Phi) is 2.42. The second-order valence-corrected chi connectivity index (χ2v) is 3.96. The summed E-state index contributed by atoms with van der Waals surface area (Å²) in [5.74, 6) is 0.0299. The van der Waals surface area contributed by atoms with Crippen LogP contribution in [0, 0.1) is 0 Å². The number of benzene rings is 1. The van der Waals surface area contributed by atoms with E-state index in [1.165, 1.54) is 12.3 Å². The number of aromatic hydroxyl groups is 1. The van der Waals surface area contributed by atoms with E-state index in [1.807, 2.05) is 0 Å². The summed E-state index contributed by atoms with van der Waals surface area (Å²) in [6.07, 6.45) is 1.48. The van der Waals surface area contributed by atoms with Crippen LogP contribution in [0.15, 0.2) is 52.2 Å². The van der Waals surface area contributed by atoms with Crippen LogP contribution in [-0.2, 0) is 0 Å². The number of pyridine rings is 1. The average molecular weight is 255 g/mol. The van der Waals surface area contributed by atoms with Crippen molar-refractivity contribution in [3.8, 4) is 11.6 Å². The van der Waals surface area contributed by atoms with Crippen LogP contribution in [-0.4, -0.2) is 19.6 Å². The third-order valence-electron chi connectivity index (χ3n) is 2.78. The number of nitrogens with one attached hydrogen (secondary N) is 1. The molecule has 0 fully saturated rings. The highest BCUT2D eigenvalue weighted by molar-refractivity contribution is 5.83. The van der Waals surface area contributed by atoms with E-state index in [9.17, 15) is 14.7 Å². The smallest absolute Gasteiger partial charge is 0.334 e. The second-order valence-electron chi connectivity index (χ2n) is 3.96. The summed E-state index contributed by atoms with van der Waals surface area (Å²) < 4.78 is 0.891. The van der Waals surface area contributed by atoms with E-state index >= 15 is 0 Å². The highest BCUT2D eigenvalue weighted by Crippen LogP contribution is 2.17. The molecule has 0 saturated heterocycles. The van der Waals surface area contributed by atoms with Crippen LogP contribution in [0.5, 0.6) is 5.75 Å². The molecule has 0 atom stereocenters. The minimum Gasteiger partial charge on any atom is -0.507 e. The van der Waals surface area contributed by atoms with Gasteiger partial charge in [-0.05, 0) is 24.3 Å². The molecule has 19 heavy (non-hydrogen) atoms. The average Bonchev–Trinajstić information content (AvgIpc) is 2.39. The molecule has 3 rings (SSSR count). The Hall–Kier alpha value is -2.89. The monoisotopic (exact) mass is 255 g/mol. The molecule has 6 nitrogen and oxygen atoms in total. The first-order chi connectivity index (χ1) is 9.18. The lowest BCUT2D eigenvalue weighted by Crippen LogP contribution is -2.34. The van der Waals surface area contributed by atoms with E-state index in [4.69, 9.17) is 0 Å². The molecule has 0 bridgehead atoms. The van der Waals surface area contributed by atoms with Gasteiger partial charge in [0.2, 0.25) is 0 Å². The predicted octanol–water partition coefficient (Wildman–Crippen LogP) is 0.780. The Morgan fingerprint density at radius 3 is 2.68 bits per heavy atom. The van der Waals surface area contributed by atoms with Crippen molar-refractivity contribution >= 4 is 10.9 Å². The quantitative estimate of drug-likeness (QED) is 0.672. The van der Waals surface area contributed by atoms with Gasteiger partial charge >= 0.3 is 5.69 Å². The van der Waals surface area contributed by atoms with Crippen molar-refractivity contribution in [1.82, 2.24) is 14.5 Å². The lowest BCUT2D eigenvalue weighted by molar-refractivity contribution is 0.480. The van der Waals surface area contributed by atoms with Gasteiger partial charge < -0.3 is 10.1 Å². The van der Waals surface area contributed by atoms with Crippen molar-refractivity contribution in [2.45, 2.75) is 0 Å². The molecule has 0 aliphatic rings. The van der Waals surface area contributed by atoms with Crippen molar-refractivity contribution in [3.05, 3.63) is 63.4 Å². The Morgan fingerprint density at radius 2 is 1.95 bits per heavy atom. The van der Waals surface area contributed by atoms with Crippen LogP contribution >= 0.6 is 0 Å². The van der Waals surface area contributed by atoms with Crippen LogP contribution in [0.2, 0.25) is 0 Å². The normalized spacial score (nSPS) is 10.7. The largest absolute Gasteiger partial charge is 0.507 e. The van der Waals surface area contributed by atoms with Gasteiger partial charge in [-0.1, -0.05) is 12.1 Å². The summed E-state index contributed by atoms with van der Waals surface area (Å²) in [5, 5.41) is 9.82. The van der Waals surface area contributed by atoms with Crippen molar-refractivity contribution in [1.29, 1.82) is 0 Å². The lowest BCUT2D eigenvalue weighted by Gasteiger charge is -2.05. The first-order valence-electron chi connectivity index (χ1n) is 5.57. The van der Waals surface area contributed by atoms with E-state index < -0.39 is 11.2 Å². The van der Waals surface area contributed by atoms with E-state index in [0.29, 0.717) is 5.52 Å². The third-order valence-corrected chi connectivity index (χ3v) is 2.78. The van der Waals surface area contributed by atoms with E-state index in [1.54, 1.807) is 30.3 Å². The van der Waals surface area contributed by atoms with Gasteiger partial charge in [0.1, 0.15) is 17.0 Å². The molecule has 0 radical (unpaired) electrons. The van der Waals surface area contributed by atoms with Gasteiger partial charge in [0.05, 0.1) is 5.52 Å². The van der Waals surface area contributed by atoms with Gasteiger partial charge in [0.15, 0.2) is 0 Å². The van der Waals surface area contributed by atoms with Gasteiger partial charge in [-0.3, -0.25) is 4.79 Å². The van der Waals surface area contributed by atoms with Gasteiger partial charge in [-0.15, -0.1) is 0 Å². The number of aromatic amines is 1. The summed E-state index contributed by atoms with van der Waals surface area (Å²) in [6.45, 7) is 0. The fourth-order valence-corrected chi connectivity index (χ4v) is 1.94. The summed E-state index contributed by atoms with van der Waals surface area (Å²) in [6, 6.07) is 9.40. The molecule has 3 aromatic rings. The molecule has 2 heterocycles. The van der Waals surface area contributed by atoms with Crippen LogP contribution < -0.4 is 11.2 Å². The number of H-pyrrole nitrogens is 1.